The number of rotatable bonds is 2. The number of carboxylic acids is 2. The molecule has 2 N–H and O–H groups in total. The van der Waals surface area contributed by atoms with Crippen LogP contribution in [0.5, 0.6) is 0 Å². The predicted octanol–water partition coefficient (Wildman–Crippen LogP) is 1.52. The standard InChI is InChI=1S/C10H14O4/c1-9(7(11)12)5-3-4-6-10(9,2)8(13)14/h3-4H,5-6H2,1-2H3,(H,11,12)(H,13,14)/t9-,10-/m0/s1. The molecule has 0 aromatic carbocycles. The highest BCUT2D eigenvalue weighted by Gasteiger charge is 2.55. The Morgan fingerprint density at radius 1 is 1.00 bits per heavy atom. The lowest BCUT2D eigenvalue weighted by Gasteiger charge is -2.41. The summed E-state index contributed by atoms with van der Waals surface area (Å²) in [5, 5.41) is 18.2. The molecule has 1 aliphatic carbocycles. The molecule has 2 atom stereocenters. The van der Waals surface area contributed by atoms with Gasteiger partial charge in [0.15, 0.2) is 0 Å². The molecule has 0 aromatic heterocycles. The maximum absolute atomic E-state index is 11.1. The van der Waals surface area contributed by atoms with E-state index in [-0.39, 0.29) is 12.8 Å². The third kappa shape index (κ3) is 1.22. The van der Waals surface area contributed by atoms with Gasteiger partial charge in [0.25, 0.3) is 0 Å². The molecule has 4 heteroatoms. The van der Waals surface area contributed by atoms with Crippen LogP contribution in [-0.2, 0) is 9.59 Å². The lowest BCUT2D eigenvalue weighted by molar-refractivity contribution is -0.171. The van der Waals surface area contributed by atoms with E-state index < -0.39 is 22.8 Å². The average molecular weight is 198 g/mol. The number of aliphatic carboxylic acids is 2. The molecule has 0 unspecified atom stereocenters. The lowest BCUT2D eigenvalue weighted by Crippen LogP contribution is -2.49. The molecule has 1 aliphatic rings. The molecule has 14 heavy (non-hydrogen) atoms. The molecule has 0 spiro atoms. The van der Waals surface area contributed by atoms with Crippen molar-refractivity contribution in [3.05, 3.63) is 12.2 Å². The third-order valence-electron chi connectivity index (χ3n) is 3.38. The topological polar surface area (TPSA) is 74.6 Å². The Kier molecular flexibility index (Phi) is 2.39. The fraction of sp³-hybridized carbons (Fsp3) is 0.600. The molecule has 0 saturated heterocycles. The Labute approximate surface area is 82.2 Å². The summed E-state index contributed by atoms with van der Waals surface area (Å²) in [6, 6.07) is 0. The Hall–Kier alpha value is -1.32. The number of hydrogen-bond donors (Lipinski definition) is 2. The molecule has 78 valence electrons. The Morgan fingerprint density at radius 2 is 1.29 bits per heavy atom. The number of carboxylic acid groups (broad SMARTS) is 2. The van der Waals surface area contributed by atoms with E-state index in [9.17, 15) is 9.59 Å². The first-order chi connectivity index (χ1) is 6.34. The van der Waals surface area contributed by atoms with Gasteiger partial charge in [0, 0.05) is 0 Å². The molecule has 1 rings (SSSR count). The van der Waals surface area contributed by atoms with E-state index in [0.29, 0.717) is 0 Å². The van der Waals surface area contributed by atoms with Crippen molar-refractivity contribution in [3.8, 4) is 0 Å². The first kappa shape index (κ1) is 10.8. The smallest absolute Gasteiger partial charge is 0.310 e. The van der Waals surface area contributed by atoms with Crippen LogP contribution in [0.25, 0.3) is 0 Å². The second-order valence-corrected chi connectivity index (χ2v) is 4.15. The van der Waals surface area contributed by atoms with Crippen LogP contribution in [-0.4, -0.2) is 22.2 Å². The fourth-order valence-corrected chi connectivity index (χ4v) is 1.74. The van der Waals surface area contributed by atoms with E-state index in [1.807, 2.05) is 0 Å². The number of carbonyl (C=O) groups is 2. The van der Waals surface area contributed by atoms with Gasteiger partial charge in [-0.05, 0) is 26.7 Å². The van der Waals surface area contributed by atoms with Crippen molar-refractivity contribution >= 4 is 11.9 Å². The molecular weight excluding hydrogens is 184 g/mol. The van der Waals surface area contributed by atoms with E-state index in [0.717, 1.165) is 0 Å². The summed E-state index contributed by atoms with van der Waals surface area (Å²) in [7, 11) is 0. The van der Waals surface area contributed by atoms with Crippen LogP contribution >= 0.6 is 0 Å². The van der Waals surface area contributed by atoms with Gasteiger partial charge in [-0.2, -0.15) is 0 Å². The maximum atomic E-state index is 11.1. The number of hydrogen-bond acceptors (Lipinski definition) is 2. The van der Waals surface area contributed by atoms with Crippen LogP contribution in [0.1, 0.15) is 26.7 Å². The highest BCUT2D eigenvalue weighted by molar-refractivity contribution is 5.86. The van der Waals surface area contributed by atoms with Gasteiger partial charge < -0.3 is 10.2 Å². The third-order valence-corrected chi connectivity index (χ3v) is 3.38. The van der Waals surface area contributed by atoms with Gasteiger partial charge in [-0.1, -0.05) is 12.2 Å². The highest BCUT2D eigenvalue weighted by Crippen LogP contribution is 2.48. The second-order valence-electron chi connectivity index (χ2n) is 4.15. The van der Waals surface area contributed by atoms with Crippen molar-refractivity contribution in [3.63, 3.8) is 0 Å². The molecule has 0 radical (unpaired) electrons. The first-order valence-corrected chi connectivity index (χ1v) is 4.46. The molecule has 0 amide bonds. The molecule has 0 aromatic rings. The summed E-state index contributed by atoms with van der Waals surface area (Å²) in [6.45, 7) is 2.99. The molecule has 0 heterocycles. The molecule has 0 aliphatic heterocycles. The normalized spacial score (nSPS) is 36.7. The van der Waals surface area contributed by atoms with Gasteiger partial charge in [-0.15, -0.1) is 0 Å². The van der Waals surface area contributed by atoms with Crippen molar-refractivity contribution in [2.24, 2.45) is 10.8 Å². The van der Waals surface area contributed by atoms with Gasteiger partial charge in [0.05, 0.1) is 10.8 Å². The van der Waals surface area contributed by atoms with Crippen molar-refractivity contribution in [2.45, 2.75) is 26.7 Å². The van der Waals surface area contributed by atoms with Gasteiger partial charge in [-0.25, -0.2) is 0 Å². The minimum Gasteiger partial charge on any atom is -0.481 e. The van der Waals surface area contributed by atoms with Crippen LogP contribution in [0.2, 0.25) is 0 Å². The van der Waals surface area contributed by atoms with Crippen LogP contribution in [0.4, 0.5) is 0 Å². The Bertz CT molecular complexity index is 277. The Morgan fingerprint density at radius 3 is 1.50 bits per heavy atom. The lowest BCUT2D eigenvalue weighted by atomic mass is 9.60. The quantitative estimate of drug-likeness (QED) is 0.659. The monoisotopic (exact) mass is 198 g/mol. The van der Waals surface area contributed by atoms with Crippen molar-refractivity contribution in [2.75, 3.05) is 0 Å². The largest absolute Gasteiger partial charge is 0.481 e. The van der Waals surface area contributed by atoms with Gasteiger partial charge in [-0.3, -0.25) is 9.59 Å². The summed E-state index contributed by atoms with van der Waals surface area (Å²) in [5.41, 5.74) is -2.43. The van der Waals surface area contributed by atoms with Crippen LogP contribution in [0.3, 0.4) is 0 Å². The minimum absolute atomic E-state index is 0.269. The van der Waals surface area contributed by atoms with Gasteiger partial charge >= 0.3 is 11.9 Å². The van der Waals surface area contributed by atoms with E-state index in [2.05, 4.69) is 0 Å². The molecular formula is C10H14O4. The van der Waals surface area contributed by atoms with Crippen LogP contribution < -0.4 is 0 Å². The van der Waals surface area contributed by atoms with Crippen molar-refractivity contribution in [1.29, 1.82) is 0 Å². The van der Waals surface area contributed by atoms with E-state index >= 15 is 0 Å². The molecule has 0 bridgehead atoms. The summed E-state index contributed by atoms with van der Waals surface area (Å²) in [5.74, 6) is -2.10. The number of allylic oxidation sites excluding steroid dienone is 2. The first-order valence-electron chi connectivity index (χ1n) is 4.46. The van der Waals surface area contributed by atoms with Gasteiger partial charge in [0.2, 0.25) is 0 Å². The Balaban J connectivity index is 3.21. The minimum atomic E-state index is -1.21. The summed E-state index contributed by atoms with van der Waals surface area (Å²) in [6.07, 6.45) is 4.01. The second kappa shape index (κ2) is 3.12. The zero-order chi connectivity index (χ0) is 11.0. The average Bonchev–Trinajstić information content (AvgIpc) is 2.09. The SMILES string of the molecule is C[C@@]1(C(=O)O)CC=CC[C@@]1(C)C(=O)O. The fourth-order valence-electron chi connectivity index (χ4n) is 1.74. The summed E-state index contributed by atoms with van der Waals surface area (Å²) >= 11 is 0. The zero-order valence-corrected chi connectivity index (χ0v) is 8.28. The molecule has 0 fully saturated rings. The van der Waals surface area contributed by atoms with Gasteiger partial charge in [0.1, 0.15) is 0 Å². The summed E-state index contributed by atoms with van der Waals surface area (Å²) < 4.78 is 0. The van der Waals surface area contributed by atoms with E-state index in [4.69, 9.17) is 10.2 Å². The predicted molar refractivity (Wildman–Crippen MR) is 49.9 cm³/mol. The van der Waals surface area contributed by atoms with Crippen LogP contribution in [0, 0.1) is 10.8 Å². The molecule has 0 saturated carbocycles. The van der Waals surface area contributed by atoms with Crippen molar-refractivity contribution in [1.82, 2.24) is 0 Å². The zero-order valence-electron chi connectivity index (χ0n) is 8.28. The van der Waals surface area contributed by atoms with Crippen molar-refractivity contribution < 1.29 is 19.8 Å². The molecule has 4 nitrogen and oxygen atoms in total. The van der Waals surface area contributed by atoms with E-state index in [1.54, 1.807) is 12.2 Å². The highest BCUT2D eigenvalue weighted by atomic mass is 16.4. The summed E-state index contributed by atoms with van der Waals surface area (Å²) in [4.78, 5) is 22.2. The maximum Gasteiger partial charge on any atom is 0.310 e. The van der Waals surface area contributed by atoms with Crippen LogP contribution in [0.15, 0.2) is 12.2 Å². The van der Waals surface area contributed by atoms with E-state index in [1.165, 1.54) is 13.8 Å².